The number of ether oxygens (including phenoxy) is 1. The van der Waals surface area contributed by atoms with Crippen molar-refractivity contribution >= 4 is 6.09 Å². The summed E-state index contributed by atoms with van der Waals surface area (Å²) in [5, 5.41) is 0. The second-order valence-electron chi connectivity index (χ2n) is 8.62. The number of rotatable bonds is 2. The zero-order valence-electron chi connectivity index (χ0n) is 16.0. The molecule has 5 nitrogen and oxygen atoms in total. The Hall–Kier alpha value is -1.83. The number of carbonyl (C=O) groups is 1. The van der Waals surface area contributed by atoms with Crippen LogP contribution >= 0.6 is 0 Å². The van der Waals surface area contributed by atoms with E-state index in [0.29, 0.717) is 13.1 Å². The Kier molecular flexibility index (Phi) is 5.14. The van der Waals surface area contributed by atoms with Crippen molar-refractivity contribution in [3.63, 3.8) is 0 Å². The van der Waals surface area contributed by atoms with Crippen molar-refractivity contribution in [1.29, 1.82) is 0 Å². The van der Waals surface area contributed by atoms with E-state index in [-0.39, 0.29) is 23.6 Å². The molecule has 0 N–H and O–H groups in total. The molecule has 1 amide bonds. The zero-order chi connectivity index (χ0) is 19.9. The third-order valence-corrected chi connectivity index (χ3v) is 5.15. The first-order valence-corrected chi connectivity index (χ1v) is 9.19. The average molecular weight is 385 g/mol. The lowest BCUT2D eigenvalue weighted by Crippen LogP contribution is -2.60. The summed E-state index contributed by atoms with van der Waals surface area (Å²) in [4.78, 5) is 19.4. The molecule has 2 aliphatic heterocycles. The summed E-state index contributed by atoms with van der Waals surface area (Å²) in [7, 11) is 0. The number of carbonyl (C=O) groups excluding carboxylic acids is 1. The van der Waals surface area contributed by atoms with Gasteiger partial charge in [0, 0.05) is 38.9 Å². The molecule has 8 heteroatoms. The Balaban J connectivity index is 1.52. The van der Waals surface area contributed by atoms with Gasteiger partial charge in [-0.05, 0) is 50.7 Å². The lowest BCUT2D eigenvalue weighted by molar-refractivity contribution is -0.142. The van der Waals surface area contributed by atoms with Crippen molar-refractivity contribution in [1.82, 2.24) is 14.8 Å². The zero-order valence-corrected chi connectivity index (χ0v) is 16.0. The minimum absolute atomic E-state index is 0.0963. The molecule has 2 aliphatic rings. The maximum absolute atomic E-state index is 13.1. The second-order valence-corrected chi connectivity index (χ2v) is 8.62. The van der Waals surface area contributed by atoms with Gasteiger partial charge in [-0.1, -0.05) is 6.07 Å². The summed E-state index contributed by atoms with van der Waals surface area (Å²) >= 11 is 0. The summed E-state index contributed by atoms with van der Waals surface area (Å²) in [6.45, 7) is 8.53. The van der Waals surface area contributed by atoms with Gasteiger partial charge in [0.25, 0.3) is 0 Å². The first kappa shape index (κ1) is 19.9. The highest BCUT2D eigenvalue weighted by Crippen LogP contribution is 2.42. The summed E-state index contributed by atoms with van der Waals surface area (Å²) in [6, 6.07) is 3.03. The number of piperidine rings is 1. The van der Waals surface area contributed by atoms with Crippen molar-refractivity contribution in [3.8, 4) is 0 Å². The van der Waals surface area contributed by atoms with Crippen molar-refractivity contribution < 1.29 is 22.7 Å². The molecular weight excluding hydrogens is 359 g/mol. The largest absolute Gasteiger partial charge is 0.444 e. The number of likely N-dealkylation sites (tertiary alicyclic amines) is 2. The topological polar surface area (TPSA) is 45.7 Å². The van der Waals surface area contributed by atoms with Crippen LogP contribution in [0, 0.1) is 5.41 Å². The molecule has 3 heterocycles. The molecule has 0 aromatic carbocycles. The predicted octanol–water partition coefficient (Wildman–Crippen LogP) is 3.93. The van der Waals surface area contributed by atoms with E-state index < -0.39 is 17.5 Å². The van der Waals surface area contributed by atoms with Crippen LogP contribution in [0.3, 0.4) is 0 Å². The van der Waals surface area contributed by atoms with Gasteiger partial charge < -0.3 is 9.64 Å². The fourth-order valence-corrected chi connectivity index (χ4v) is 3.88. The monoisotopic (exact) mass is 385 g/mol. The van der Waals surface area contributed by atoms with Crippen molar-refractivity contribution in [2.45, 2.75) is 51.9 Å². The van der Waals surface area contributed by atoms with Crippen LogP contribution < -0.4 is 0 Å². The van der Waals surface area contributed by atoms with Crippen molar-refractivity contribution in [3.05, 3.63) is 29.6 Å². The van der Waals surface area contributed by atoms with E-state index in [0.717, 1.165) is 25.9 Å². The number of hydrogen-bond donors (Lipinski definition) is 0. The number of hydrogen-bond acceptors (Lipinski definition) is 4. The third-order valence-electron chi connectivity index (χ3n) is 5.15. The first-order chi connectivity index (χ1) is 12.5. The molecule has 0 atom stereocenters. The fraction of sp³-hybridized carbons (Fsp3) is 0.684. The van der Waals surface area contributed by atoms with E-state index in [1.54, 1.807) is 11.0 Å². The van der Waals surface area contributed by atoms with Gasteiger partial charge in [0.1, 0.15) is 11.3 Å². The minimum atomic E-state index is -4.43. The van der Waals surface area contributed by atoms with Gasteiger partial charge in [0.15, 0.2) is 0 Å². The first-order valence-electron chi connectivity index (χ1n) is 9.19. The molecule has 1 aromatic heterocycles. The Morgan fingerprint density at radius 3 is 2.41 bits per heavy atom. The number of pyridine rings is 1. The van der Waals surface area contributed by atoms with Gasteiger partial charge in [0.2, 0.25) is 0 Å². The van der Waals surface area contributed by atoms with E-state index in [2.05, 4.69) is 4.98 Å². The van der Waals surface area contributed by atoms with E-state index in [1.807, 2.05) is 25.7 Å². The Morgan fingerprint density at radius 2 is 1.85 bits per heavy atom. The summed E-state index contributed by atoms with van der Waals surface area (Å²) in [5.74, 6) is 0. The molecule has 2 fully saturated rings. The molecule has 3 rings (SSSR count). The van der Waals surface area contributed by atoms with Gasteiger partial charge in [-0.15, -0.1) is 0 Å². The smallest absolute Gasteiger partial charge is 0.433 e. The highest BCUT2D eigenvalue weighted by atomic mass is 19.4. The van der Waals surface area contributed by atoms with Gasteiger partial charge in [-0.2, -0.15) is 13.2 Å². The molecule has 1 spiro atoms. The van der Waals surface area contributed by atoms with Gasteiger partial charge in [0.05, 0.1) is 0 Å². The molecule has 0 aliphatic carbocycles. The van der Waals surface area contributed by atoms with E-state index >= 15 is 0 Å². The number of halogens is 3. The van der Waals surface area contributed by atoms with Crippen LogP contribution in [0.4, 0.5) is 18.0 Å². The number of nitrogens with zero attached hydrogens (tertiary/aromatic N) is 3. The lowest BCUT2D eigenvalue weighted by atomic mass is 9.72. The number of amides is 1. The van der Waals surface area contributed by atoms with Crippen LogP contribution in [0.2, 0.25) is 0 Å². The number of aromatic nitrogens is 1. The van der Waals surface area contributed by atoms with Crippen molar-refractivity contribution in [2.24, 2.45) is 5.41 Å². The standard InChI is InChI=1S/C19H26F3N3O2/c1-17(2,3)27-16(26)25-9-6-18(7-10-25)12-24(13-18)11-14-5-4-8-23-15(14)19(20,21)22/h4-5,8H,6-7,9-13H2,1-3H3. The molecule has 0 unspecified atom stereocenters. The lowest BCUT2D eigenvalue weighted by Gasteiger charge is -2.54. The molecule has 27 heavy (non-hydrogen) atoms. The summed E-state index contributed by atoms with van der Waals surface area (Å²) in [5.41, 5.74) is -1.00. The Bertz CT molecular complexity index is 684. The van der Waals surface area contributed by atoms with E-state index in [9.17, 15) is 18.0 Å². The molecule has 0 radical (unpaired) electrons. The minimum Gasteiger partial charge on any atom is -0.444 e. The highest BCUT2D eigenvalue weighted by molar-refractivity contribution is 5.68. The van der Waals surface area contributed by atoms with Crippen LogP contribution in [0.5, 0.6) is 0 Å². The average Bonchev–Trinajstić information content (AvgIpc) is 2.52. The van der Waals surface area contributed by atoms with E-state index in [4.69, 9.17) is 4.74 Å². The maximum Gasteiger partial charge on any atom is 0.433 e. The van der Waals surface area contributed by atoms with Crippen LogP contribution in [0.15, 0.2) is 18.3 Å². The molecule has 150 valence electrons. The SMILES string of the molecule is CC(C)(C)OC(=O)N1CCC2(CC1)CN(Cc1cccnc1C(F)(F)F)C2. The van der Waals surface area contributed by atoms with Crippen molar-refractivity contribution in [2.75, 3.05) is 26.2 Å². The molecule has 2 saturated heterocycles. The molecule has 1 aromatic rings. The van der Waals surface area contributed by atoms with Gasteiger partial charge in [-0.25, -0.2) is 4.79 Å². The summed E-state index contributed by atoms with van der Waals surface area (Å²) < 4.78 is 44.6. The fourth-order valence-electron chi connectivity index (χ4n) is 3.88. The molecule has 0 saturated carbocycles. The van der Waals surface area contributed by atoms with Gasteiger partial charge in [-0.3, -0.25) is 9.88 Å². The predicted molar refractivity (Wildman–Crippen MR) is 94.0 cm³/mol. The van der Waals surface area contributed by atoms with Gasteiger partial charge >= 0.3 is 12.3 Å². The van der Waals surface area contributed by atoms with Crippen LogP contribution in [-0.2, 0) is 17.5 Å². The third kappa shape index (κ3) is 4.72. The van der Waals surface area contributed by atoms with Crippen LogP contribution in [-0.4, -0.2) is 52.7 Å². The molecular formula is C19H26F3N3O2. The van der Waals surface area contributed by atoms with Crippen LogP contribution in [0.25, 0.3) is 0 Å². The summed E-state index contributed by atoms with van der Waals surface area (Å²) in [6.07, 6.45) is -1.85. The van der Waals surface area contributed by atoms with E-state index in [1.165, 1.54) is 12.3 Å². The number of alkyl halides is 3. The second kappa shape index (κ2) is 6.96. The Morgan fingerprint density at radius 1 is 1.22 bits per heavy atom. The quantitative estimate of drug-likeness (QED) is 0.774. The normalized spacial score (nSPS) is 20.4. The maximum atomic E-state index is 13.1. The Labute approximate surface area is 157 Å². The van der Waals surface area contributed by atoms with Crippen LogP contribution in [0.1, 0.15) is 44.9 Å². The highest BCUT2D eigenvalue weighted by Gasteiger charge is 2.46. The molecule has 0 bridgehead atoms.